The first-order valence-electron chi connectivity index (χ1n) is 4.98. The van der Waals surface area contributed by atoms with Crippen LogP contribution in [0.1, 0.15) is 0 Å². The van der Waals surface area contributed by atoms with Crippen molar-refractivity contribution >= 4 is 71.8 Å². The number of para-hydroxylation sites is 1. The van der Waals surface area contributed by atoms with Gasteiger partial charge in [-0.3, -0.25) is 4.79 Å². The fourth-order valence-electron chi connectivity index (χ4n) is 1.83. The van der Waals surface area contributed by atoms with Crippen molar-refractivity contribution in [3.63, 3.8) is 0 Å². The molecule has 5 heteroatoms. The van der Waals surface area contributed by atoms with Crippen molar-refractivity contribution in [3.05, 3.63) is 49.8 Å². The molecule has 0 amide bonds. The number of fused-ring (bicyclic) bond motifs is 2. The normalized spacial score (nSPS) is 11.2. The van der Waals surface area contributed by atoms with Gasteiger partial charge in [-0.1, -0.05) is 33.9 Å². The first kappa shape index (κ1) is 11.8. The van der Waals surface area contributed by atoms with Crippen LogP contribution in [0.3, 0.4) is 0 Å². The van der Waals surface area contributed by atoms with Gasteiger partial charge < -0.3 is 4.42 Å². The van der Waals surface area contributed by atoms with E-state index in [1.807, 2.05) is 36.4 Å². The molecule has 0 aliphatic heterocycles. The second-order valence-corrected chi connectivity index (χ2v) is 10.7. The van der Waals surface area contributed by atoms with Crippen LogP contribution >= 0.6 is 44.4 Å². The Morgan fingerprint density at radius 2 is 1.82 bits per heavy atom. The van der Waals surface area contributed by atoms with Crippen LogP contribution in [0, 0.1) is 3.18 Å². The molecule has 0 bridgehead atoms. The van der Waals surface area contributed by atoms with Gasteiger partial charge in [-0.25, -0.2) is 0 Å². The summed E-state index contributed by atoms with van der Waals surface area (Å²) in [5, 5.41) is 0.685. The standard InChI is InChI=1S/C12H6I2O2Si/c13-10-6-5-9-12(17(10)14)11(15)7-3-1-2-4-8(7)16-9/h1-6H. The first-order valence-corrected chi connectivity index (χ1v) is 10.7. The van der Waals surface area contributed by atoms with Crippen LogP contribution in [0.2, 0.25) is 0 Å². The van der Waals surface area contributed by atoms with Crippen molar-refractivity contribution in [3.8, 4) is 0 Å². The lowest BCUT2D eigenvalue weighted by molar-refractivity contribution is 0.660. The first-order chi connectivity index (χ1) is 8.18. The smallest absolute Gasteiger partial charge is 0.196 e. The van der Waals surface area contributed by atoms with E-state index in [1.54, 1.807) is 0 Å². The van der Waals surface area contributed by atoms with Crippen molar-refractivity contribution in [2.75, 3.05) is 0 Å². The molecule has 2 aromatic heterocycles. The van der Waals surface area contributed by atoms with E-state index in [9.17, 15) is 4.79 Å². The second kappa shape index (κ2) is 4.43. The zero-order valence-electron chi connectivity index (χ0n) is 8.54. The van der Waals surface area contributed by atoms with E-state index in [0.717, 1.165) is 10.6 Å². The van der Waals surface area contributed by atoms with Crippen LogP contribution in [0.25, 0.3) is 21.5 Å². The lowest BCUT2D eigenvalue weighted by atomic mass is 10.2. The number of benzene rings is 1. The summed E-state index contributed by atoms with van der Waals surface area (Å²) in [5.74, 6) is -0.968. The van der Waals surface area contributed by atoms with Crippen LogP contribution in [0.5, 0.6) is 0 Å². The third-order valence-corrected chi connectivity index (χ3v) is 12.6. The predicted octanol–water partition coefficient (Wildman–Crippen LogP) is 3.77. The van der Waals surface area contributed by atoms with Gasteiger partial charge in [0.1, 0.15) is 17.1 Å². The lowest BCUT2D eigenvalue weighted by Gasteiger charge is -2.03. The summed E-state index contributed by atoms with van der Waals surface area (Å²) < 4.78 is 7.05. The van der Waals surface area contributed by atoms with E-state index in [-0.39, 0.29) is 5.43 Å². The zero-order chi connectivity index (χ0) is 12.0. The average molecular weight is 464 g/mol. The van der Waals surface area contributed by atoms with Crippen molar-refractivity contribution in [1.29, 1.82) is 0 Å². The minimum atomic E-state index is -0.968. The van der Waals surface area contributed by atoms with E-state index in [0.29, 0.717) is 11.0 Å². The minimum absolute atomic E-state index is 0.128. The Morgan fingerprint density at radius 1 is 1.06 bits per heavy atom. The van der Waals surface area contributed by atoms with Crippen LogP contribution in [0.4, 0.5) is 0 Å². The van der Waals surface area contributed by atoms with E-state index in [1.165, 1.54) is 3.18 Å². The number of hydrogen-bond acceptors (Lipinski definition) is 2. The topological polar surface area (TPSA) is 30.2 Å². The molecule has 2 nitrogen and oxygen atoms in total. The van der Waals surface area contributed by atoms with Gasteiger partial charge in [0.05, 0.1) is 10.4 Å². The summed E-state index contributed by atoms with van der Waals surface area (Å²) in [6.07, 6.45) is 0. The van der Waals surface area contributed by atoms with Gasteiger partial charge in [-0.15, -0.1) is 0 Å². The molecule has 0 fully saturated rings. The molecule has 0 N–H and O–H groups in total. The number of halogens is 2. The molecule has 0 atom stereocenters. The van der Waals surface area contributed by atoms with Crippen LogP contribution in [-0.4, -0.2) is 5.89 Å². The maximum atomic E-state index is 12.4. The van der Waals surface area contributed by atoms with Gasteiger partial charge in [-0.2, -0.15) is 0 Å². The van der Waals surface area contributed by atoms with E-state index in [4.69, 9.17) is 4.42 Å². The Hall–Kier alpha value is -0.283. The fourth-order valence-corrected chi connectivity index (χ4v) is 6.04. The summed E-state index contributed by atoms with van der Waals surface area (Å²) in [7, 11) is 0. The Balaban J connectivity index is 2.66. The highest BCUT2D eigenvalue weighted by Crippen LogP contribution is 2.21. The van der Waals surface area contributed by atoms with Gasteiger partial charge in [0.25, 0.3) is 0 Å². The Morgan fingerprint density at radius 3 is 2.65 bits per heavy atom. The summed E-state index contributed by atoms with van der Waals surface area (Å²) >= 11 is 4.69. The molecule has 3 rings (SSSR count). The summed E-state index contributed by atoms with van der Waals surface area (Å²) in [5.41, 5.74) is 1.53. The second-order valence-electron chi connectivity index (χ2n) is 3.66. The Labute approximate surface area is 125 Å². The molecule has 84 valence electrons. The molecular weight excluding hydrogens is 458 g/mol. The summed E-state index contributed by atoms with van der Waals surface area (Å²) in [4.78, 5) is 13.3. The molecule has 0 unspecified atom stereocenters. The molecular formula is C12H6I2O2Si. The highest BCUT2D eigenvalue weighted by atomic mass is 127. The quantitative estimate of drug-likeness (QED) is 0.220. The van der Waals surface area contributed by atoms with Crippen molar-refractivity contribution < 1.29 is 4.42 Å². The van der Waals surface area contributed by atoms with E-state index >= 15 is 0 Å². The third kappa shape index (κ3) is 1.87. The molecule has 2 heterocycles. The zero-order valence-corrected chi connectivity index (χ0v) is 13.9. The van der Waals surface area contributed by atoms with Gasteiger partial charge in [0.15, 0.2) is 5.43 Å². The van der Waals surface area contributed by atoms with Crippen LogP contribution in [0.15, 0.2) is 45.6 Å². The molecule has 0 aliphatic carbocycles. The third-order valence-electron chi connectivity index (χ3n) is 2.64. The van der Waals surface area contributed by atoms with E-state index in [2.05, 4.69) is 44.4 Å². The molecule has 0 aliphatic rings. The number of hydrogen-bond donors (Lipinski definition) is 0. The molecule has 0 saturated carbocycles. The predicted molar refractivity (Wildman–Crippen MR) is 88.1 cm³/mol. The molecule has 3 aromatic rings. The van der Waals surface area contributed by atoms with E-state index < -0.39 is 5.89 Å². The minimum Gasteiger partial charge on any atom is -0.456 e. The Kier molecular flexibility index (Phi) is 3.07. The monoisotopic (exact) mass is 464 g/mol. The Bertz CT molecular complexity index is 795. The van der Waals surface area contributed by atoms with Crippen molar-refractivity contribution in [2.24, 2.45) is 0 Å². The fraction of sp³-hybridized carbons (Fsp3) is 0. The molecule has 0 spiro atoms. The van der Waals surface area contributed by atoms with Gasteiger partial charge in [0.2, 0.25) is 0 Å². The highest BCUT2D eigenvalue weighted by molar-refractivity contribution is 14.1. The van der Waals surface area contributed by atoms with Crippen molar-refractivity contribution in [2.45, 2.75) is 0 Å². The molecule has 1 aromatic carbocycles. The SMILES string of the molecule is O=c1c2ccccc2oc2ccc(I)[si](I)c12. The van der Waals surface area contributed by atoms with Crippen molar-refractivity contribution in [1.82, 2.24) is 0 Å². The van der Waals surface area contributed by atoms with Crippen LogP contribution in [-0.2, 0) is 0 Å². The number of rotatable bonds is 0. The maximum Gasteiger partial charge on any atom is 0.196 e. The highest BCUT2D eigenvalue weighted by Gasteiger charge is 2.12. The maximum absolute atomic E-state index is 12.4. The van der Waals surface area contributed by atoms with Gasteiger partial charge in [0, 0.05) is 3.18 Å². The van der Waals surface area contributed by atoms with Gasteiger partial charge in [-0.05, 0) is 46.9 Å². The largest absolute Gasteiger partial charge is 0.456 e. The molecule has 0 saturated heterocycles. The summed E-state index contributed by atoms with van der Waals surface area (Å²) in [6.45, 7) is 0. The summed E-state index contributed by atoms with van der Waals surface area (Å²) in [6, 6.07) is 11.4. The lowest BCUT2D eigenvalue weighted by Crippen LogP contribution is -2.08. The van der Waals surface area contributed by atoms with Gasteiger partial charge >= 0.3 is 0 Å². The average Bonchev–Trinajstić information content (AvgIpc) is 2.34. The molecule has 17 heavy (non-hydrogen) atoms. The molecule has 0 radical (unpaired) electrons. The van der Waals surface area contributed by atoms with Crippen LogP contribution < -0.4 is 5.43 Å².